The summed E-state index contributed by atoms with van der Waals surface area (Å²) in [6.07, 6.45) is 0.741. The highest BCUT2D eigenvalue weighted by Gasteiger charge is 2.22. The predicted molar refractivity (Wildman–Crippen MR) is 48.7 cm³/mol. The van der Waals surface area contributed by atoms with Crippen LogP contribution in [0.15, 0.2) is 0 Å². The van der Waals surface area contributed by atoms with Gasteiger partial charge in [0.2, 0.25) is 0 Å². The van der Waals surface area contributed by atoms with Gasteiger partial charge in [0, 0.05) is 6.54 Å². The van der Waals surface area contributed by atoms with Crippen molar-refractivity contribution in [1.82, 2.24) is 0 Å². The van der Waals surface area contributed by atoms with Crippen LogP contribution in [0.25, 0.3) is 0 Å². The van der Waals surface area contributed by atoms with Crippen molar-refractivity contribution in [2.45, 2.75) is 39.7 Å². The quantitative estimate of drug-likeness (QED) is 0.655. The maximum absolute atomic E-state index is 11.3. The van der Waals surface area contributed by atoms with Gasteiger partial charge in [-0.25, -0.2) is 0 Å². The summed E-state index contributed by atoms with van der Waals surface area (Å²) >= 11 is 0. The Balaban J connectivity index is 4.02. The minimum absolute atomic E-state index is 0.149. The molecule has 0 aliphatic heterocycles. The zero-order valence-corrected chi connectivity index (χ0v) is 8.39. The van der Waals surface area contributed by atoms with Crippen molar-refractivity contribution in [3.05, 3.63) is 0 Å². The van der Waals surface area contributed by atoms with E-state index in [2.05, 4.69) is 0 Å². The van der Waals surface area contributed by atoms with E-state index in [-0.39, 0.29) is 11.9 Å². The van der Waals surface area contributed by atoms with Crippen molar-refractivity contribution in [1.29, 1.82) is 0 Å². The fourth-order valence-corrected chi connectivity index (χ4v) is 0.815. The SMILES string of the molecule is CCC(CN)C(=O)OC(C)(C)C. The third-order valence-electron chi connectivity index (χ3n) is 1.52. The highest BCUT2D eigenvalue weighted by molar-refractivity contribution is 5.73. The number of carbonyl (C=O) groups is 1. The molecule has 0 radical (unpaired) electrons. The molecule has 0 aromatic heterocycles. The van der Waals surface area contributed by atoms with E-state index in [0.717, 1.165) is 6.42 Å². The third kappa shape index (κ3) is 4.34. The maximum atomic E-state index is 11.3. The Morgan fingerprint density at radius 2 is 2.00 bits per heavy atom. The lowest BCUT2D eigenvalue weighted by atomic mass is 10.1. The smallest absolute Gasteiger partial charge is 0.310 e. The maximum Gasteiger partial charge on any atom is 0.310 e. The first-order chi connectivity index (χ1) is 5.40. The molecule has 0 bridgehead atoms. The first-order valence-corrected chi connectivity index (χ1v) is 4.33. The summed E-state index contributed by atoms with van der Waals surface area (Å²) in [6, 6.07) is 0. The molecule has 0 saturated heterocycles. The highest BCUT2D eigenvalue weighted by Crippen LogP contribution is 2.12. The number of esters is 1. The number of hydrogen-bond acceptors (Lipinski definition) is 3. The number of hydrogen-bond donors (Lipinski definition) is 1. The molecule has 0 rings (SSSR count). The first-order valence-electron chi connectivity index (χ1n) is 4.33. The zero-order valence-electron chi connectivity index (χ0n) is 8.39. The van der Waals surface area contributed by atoms with Crippen molar-refractivity contribution in [3.8, 4) is 0 Å². The van der Waals surface area contributed by atoms with Crippen LogP contribution >= 0.6 is 0 Å². The number of ether oxygens (including phenoxy) is 1. The minimum Gasteiger partial charge on any atom is -0.460 e. The van der Waals surface area contributed by atoms with Crippen molar-refractivity contribution >= 4 is 5.97 Å². The first kappa shape index (κ1) is 11.4. The summed E-state index contributed by atoms with van der Waals surface area (Å²) in [4.78, 5) is 11.3. The molecular formula is C9H19NO2. The van der Waals surface area contributed by atoms with Gasteiger partial charge in [-0.15, -0.1) is 0 Å². The molecule has 0 amide bonds. The average Bonchev–Trinajstić information content (AvgIpc) is 1.85. The third-order valence-corrected chi connectivity index (χ3v) is 1.52. The molecule has 0 spiro atoms. The van der Waals surface area contributed by atoms with Crippen molar-refractivity contribution in [2.24, 2.45) is 11.7 Å². The van der Waals surface area contributed by atoms with Crippen LogP contribution in [0.2, 0.25) is 0 Å². The van der Waals surface area contributed by atoms with Gasteiger partial charge >= 0.3 is 5.97 Å². The molecule has 3 nitrogen and oxygen atoms in total. The summed E-state index contributed by atoms with van der Waals surface area (Å²) in [5, 5.41) is 0. The summed E-state index contributed by atoms with van der Waals surface area (Å²) in [5.41, 5.74) is 5.00. The number of carbonyl (C=O) groups excluding carboxylic acids is 1. The van der Waals surface area contributed by atoms with Gasteiger partial charge < -0.3 is 10.5 Å². The molecule has 3 heteroatoms. The second-order valence-corrected chi connectivity index (χ2v) is 3.87. The molecule has 0 fully saturated rings. The molecule has 1 unspecified atom stereocenters. The fourth-order valence-electron chi connectivity index (χ4n) is 0.815. The van der Waals surface area contributed by atoms with Gasteiger partial charge in [0.05, 0.1) is 5.92 Å². The van der Waals surface area contributed by atoms with Crippen LogP contribution in [0, 0.1) is 5.92 Å². The molecule has 12 heavy (non-hydrogen) atoms. The molecule has 0 aliphatic rings. The van der Waals surface area contributed by atoms with E-state index in [1.807, 2.05) is 27.7 Å². The van der Waals surface area contributed by atoms with Crippen molar-refractivity contribution in [2.75, 3.05) is 6.54 Å². The lowest BCUT2D eigenvalue weighted by Gasteiger charge is -2.22. The molecule has 2 N–H and O–H groups in total. The normalized spacial score (nSPS) is 14.1. The second-order valence-electron chi connectivity index (χ2n) is 3.87. The van der Waals surface area contributed by atoms with E-state index in [9.17, 15) is 4.79 Å². The molecule has 1 atom stereocenters. The van der Waals surface area contributed by atoms with Gasteiger partial charge in [-0.3, -0.25) is 4.79 Å². The lowest BCUT2D eigenvalue weighted by Crippen LogP contribution is -2.32. The number of rotatable bonds is 3. The Morgan fingerprint density at radius 3 is 2.25 bits per heavy atom. The van der Waals surface area contributed by atoms with E-state index in [1.54, 1.807) is 0 Å². The molecular weight excluding hydrogens is 154 g/mol. The number of nitrogens with two attached hydrogens (primary N) is 1. The Hall–Kier alpha value is -0.570. The van der Waals surface area contributed by atoms with Crippen LogP contribution in [-0.2, 0) is 9.53 Å². The van der Waals surface area contributed by atoms with E-state index < -0.39 is 5.60 Å². The molecule has 0 aromatic carbocycles. The Bertz CT molecular complexity index is 145. The molecule has 0 aromatic rings. The molecule has 72 valence electrons. The molecule has 0 saturated carbocycles. The second kappa shape index (κ2) is 4.45. The fraction of sp³-hybridized carbons (Fsp3) is 0.889. The highest BCUT2D eigenvalue weighted by atomic mass is 16.6. The summed E-state index contributed by atoms with van der Waals surface area (Å²) < 4.78 is 5.16. The van der Waals surface area contributed by atoms with Crippen LogP contribution in [0.1, 0.15) is 34.1 Å². The van der Waals surface area contributed by atoms with E-state index >= 15 is 0 Å². The van der Waals surface area contributed by atoms with Crippen LogP contribution in [0.3, 0.4) is 0 Å². The van der Waals surface area contributed by atoms with Crippen molar-refractivity contribution < 1.29 is 9.53 Å². The summed E-state index contributed by atoms with van der Waals surface area (Å²) in [5.74, 6) is -0.336. The Kier molecular flexibility index (Phi) is 4.24. The topological polar surface area (TPSA) is 52.3 Å². The van der Waals surface area contributed by atoms with Crippen LogP contribution in [-0.4, -0.2) is 18.1 Å². The van der Waals surface area contributed by atoms with Gasteiger partial charge in [0.15, 0.2) is 0 Å². The molecule has 0 heterocycles. The summed E-state index contributed by atoms with van der Waals surface area (Å²) in [7, 11) is 0. The Labute approximate surface area is 74.3 Å². The van der Waals surface area contributed by atoms with E-state index in [1.165, 1.54) is 0 Å². The predicted octanol–water partition coefficient (Wildman–Crippen LogP) is 1.31. The van der Waals surface area contributed by atoms with E-state index in [0.29, 0.717) is 6.54 Å². The average molecular weight is 173 g/mol. The standard InChI is InChI=1S/C9H19NO2/c1-5-7(6-10)8(11)12-9(2,3)4/h7H,5-6,10H2,1-4H3. The largest absolute Gasteiger partial charge is 0.460 e. The lowest BCUT2D eigenvalue weighted by molar-refractivity contribution is -0.159. The van der Waals surface area contributed by atoms with Crippen molar-refractivity contribution in [3.63, 3.8) is 0 Å². The monoisotopic (exact) mass is 173 g/mol. The van der Waals surface area contributed by atoms with Gasteiger partial charge in [0.1, 0.15) is 5.60 Å². The van der Waals surface area contributed by atoms with Crippen LogP contribution in [0.4, 0.5) is 0 Å². The van der Waals surface area contributed by atoms with E-state index in [4.69, 9.17) is 10.5 Å². The van der Waals surface area contributed by atoms with Crippen LogP contribution < -0.4 is 5.73 Å². The zero-order chi connectivity index (χ0) is 9.78. The van der Waals surface area contributed by atoms with Gasteiger partial charge in [-0.1, -0.05) is 6.92 Å². The summed E-state index contributed by atoms with van der Waals surface area (Å²) in [6.45, 7) is 7.86. The van der Waals surface area contributed by atoms with Crippen LogP contribution in [0.5, 0.6) is 0 Å². The van der Waals surface area contributed by atoms with Gasteiger partial charge in [-0.05, 0) is 27.2 Å². The molecule has 0 aliphatic carbocycles. The Morgan fingerprint density at radius 1 is 1.50 bits per heavy atom. The van der Waals surface area contributed by atoms with Gasteiger partial charge in [0.25, 0.3) is 0 Å². The minimum atomic E-state index is -0.403. The van der Waals surface area contributed by atoms with Gasteiger partial charge in [-0.2, -0.15) is 0 Å².